The SMILES string of the molecule is CC=Cc1c(O)cc(OC)cc1O. The van der Waals surface area contributed by atoms with E-state index in [-0.39, 0.29) is 11.5 Å². The van der Waals surface area contributed by atoms with Crippen LogP contribution in [0.3, 0.4) is 0 Å². The van der Waals surface area contributed by atoms with Gasteiger partial charge in [0.25, 0.3) is 0 Å². The quantitative estimate of drug-likeness (QED) is 0.733. The summed E-state index contributed by atoms with van der Waals surface area (Å²) < 4.78 is 4.86. The molecule has 0 unspecified atom stereocenters. The monoisotopic (exact) mass is 180 g/mol. The number of benzene rings is 1. The van der Waals surface area contributed by atoms with Gasteiger partial charge in [0.05, 0.1) is 12.7 Å². The molecule has 0 aliphatic carbocycles. The van der Waals surface area contributed by atoms with Crippen LogP contribution in [0.15, 0.2) is 18.2 Å². The molecule has 0 heterocycles. The molecule has 0 radical (unpaired) electrons. The van der Waals surface area contributed by atoms with E-state index in [4.69, 9.17) is 4.74 Å². The van der Waals surface area contributed by atoms with E-state index in [0.717, 1.165) is 0 Å². The van der Waals surface area contributed by atoms with Crippen LogP contribution in [0.1, 0.15) is 12.5 Å². The first-order chi connectivity index (χ1) is 6.19. The van der Waals surface area contributed by atoms with E-state index >= 15 is 0 Å². The Labute approximate surface area is 76.9 Å². The lowest BCUT2D eigenvalue weighted by Crippen LogP contribution is -1.84. The van der Waals surface area contributed by atoms with Gasteiger partial charge in [0, 0.05) is 12.1 Å². The highest BCUT2D eigenvalue weighted by Crippen LogP contribution is 2.33. The zero-order valence-corrected chi connectivity index (χ0v) is 7.61. The minimum Gasteiger partial charge on any atom is -0.507 e. The van der Waals surface area contributed by atoms with Crippen molar-refractivity contribution in [3.05, 3.63) is 23.8 Å². The maximum atomic E-state index is 9.44. The number of hydrogen-bond donors (Lipinski definition) is 2. The van der Waals surface area contributed by atoms with E-state index in [1.807, 2.05) is 6.92 Å². The molecule has 0 aromatic heterocycles. The molecule has 0 saturated carbocycles. The van der Waals surface area contributed by atoms with Crippen LogP contribution in [-0.4, -0.2) is 17.3 Å². The van der Waals surface area contributed by atoms with Crippen LogP contribution in [0.2, 0.25) is 0 Å². The summed E-state index contributed by atoms with van der Waals surface area (Å²) in [6.07, 6.45) is 3.37. The largest absolute Gasteiger partial charge is 0.507 e. The van der Waals surface area contributed by atoms with Gasteiger partial charge < -0.3 is 14.9 Å². The van der Waals surface area contributed by atoms with Gasteiger partial charge in [-0.05, 0) is 6.92 Å². The number of aromatic hydroxyl groups is 2. The molecule has 0 aliphatic rings. The molecule has 1 aromatic rings. The first-order valence-electron chi connectivity index (χ1n) is 3.91. The summed E-state index contributed by atoms with van der Waals surface area (Å²) >= 11 is 0. The highest BCUT2D eigenvalue weighted by atomic mass is 16.5. The molecule has 3 nitrogen and oxygen atoms in total. The Morgan fingerprint density at radius 2 is 1.77 bits per heavy atom. The van der Waals surface area contributed by atoms with E-state index in [0.29, 0.717) is 11.3 Å². The van der Waals surface area contributed by atoms with Gasteiger partial charge in [0.15, 0.2) is 0 Å². The molecule has 0 atom stereocenters. The normalized spacial score (nSPS) is 10.6. The first-order valence-corrected chi connectivity index (χ1v) is 3.91. The second kappa shape index (κ2) is 3.85. The van der Waals surface area contributed by atoms with Gasteiger partial charge in [-0.3, -0.25) is 0 Å². The van der Waals surface area contributed by atoms with Crippen molar-refractivity contribution < 1.29 is 14.9 Å². The van der Waals surface area contributed by atoms with Crippen molar-refractivity contribution in [2.24, 2.45) is 0 Å². The number of phenols is 2. The summed E-state index contributed by atoms with van der Waals surface area (Å²) in [6.45, 7) is 1.81. The van der Waals surface area contributed by atoms with Crippen LogP contribution < -0.4 is 4.74 Å². The molecule has 2 N–H and O–H groups in total. The van der Waals surface area contributed by atoms with E-state index in [9.17, 15) is 10.2 Å². The lowest BCUT2D eigenvalue weighted by Gasteiger charge is -2.05. The zero-order valence-electron chi connectivity index (χ0n) is 7.61. The van der Waals surface area contributed by atoms with Crippen molar-refractivity contribution in [2.75, 3.05) is 7.11 Å². The standard InChI is InChI=1S/C10H12O3/c1-3-4-8-9(11)5-7(13-2)6-10(8)12/h3-6,11-12H,1-2H3. The molecule has 1 rings (SSSR count). The fraction of sp³-hybridized carbons (Fsp3) is 0.200. The molecule has 0 aliphatic heterocycles. The third-order valence-corrected chi connectivity index (χ3v) is 1.68. The predicted molar refractivity (Wildman–Crippen MR) is 51.0 cm³/mol. The summed E-state index contributed by atoms with van der Waals surface area (Å²) in [7, 11) is 1.48. The van der Waals surface area contributed by atoms with Crippen molar-refractivity contribution in [1.29, 1.82) is 0 Å². The summed E-state index contributed by atoms with van der Waals surface area (Å²) in [4.78, 5) is 0. The summed E-state index contributed by atoms with van der Waals surface area (Å²) in [6, 6.07) is 2.91. The first kappa shape index (κ1) is 9.45. The Hall–Kier alpha value is -1.64. The Kier molecular flexibility index (Phi) is 2.80. The maximum absolute atomic E-state index is 9.44. The number of methoxy groups -OCH3 is 1. The summed E-state index contributed by atoms with van der Waals surface area (Å²) in [5, 5.41) is 18.9. The predicted octanol–water partition coefficient (Wildman–Crippen LogP) is 2.14. The van der Waals surface area contributed by atoms with Crippen LogP contribution in [0, 0.1) is 0 Å². The minimum absolute atomic E-state index is 0.00921. The average Bonchev–Trinajstić information content (AvgIpc) is 2.11. The van der Waals surface area contributed by atoms with Gasteiger partial charge in [-0.1, -0.05) is 12.2 Å². The molecular formula is C10H12O3. The molecule has 1 aromatic carbocycles. The van der Waals surface area contributed by atoms with E-state index in [2.05, 4.69) is 0 Å². The van der Waals surface area contributed by atoms with Crippen LogP contribution in [0.5, 0.6) is 17.2 Å². The molecule has 0 fully saturated rings. The van der Waals surface area contributed by atoms with Crippen LogP contribution >= 0.6 is 0 Å². The van der Waals surface area contributed by atoms with Crippen LogP contribution in [0.4, 0.5) is 0 Å². The lowest BCUT2D eigenvalue weighted by atomic mass is 10.1. The Morgan fingerprint density at radius 3 is 2.15 bits per heavy atom. The molecule has 0 spiro atoms. The molecular weight excluding hydrogens is 168 g/mol. The molecule has 3 heteroatoms. The lowest BCUT2D eigenvalue weighted by molar-refractivity contribution is 0.397. The molecule has 0 amide bonds. The van der Waals surface area contributed by atoms with Crippen molar-refractivity contribution >= 4 is 6.08 Å². The van der Waals surface area contributed by atoms with Gasteiger partial charge in [-0.25, -0.2) is 0 Å². The van der Waals surface area contributed by atoms with Gasteiger partial charge in [-0.2, -0.15) is 0 Å². The highest BCUT2D eigenvalue weighted by Gasteiger charge is 2.06. The topological polar surface area (TPSA) is 49.7 Å². The zero-order chi connectivity index (χ0) is 9.84. The van der Waals surface area contributed by atoms with Crippen LogP contribution in [0.25, 0.3) is 6.08 Å². The number of ether oxygens (including phenoxy) is 1. The van der Waals surface area contributed by atoms with E-state index in [1.165, 1.54) is 19.2 Å². The van der Waals surface area contributed by atoms with Crippen molar-refractivity contribution in [2.45, 2.75) is 6.92 Å². The third-order valence-electron chi connectivity index (χ3n) is 1.68. The molecule has 0 saturated heterocycles. The van der Waals surface area contributed by atoms with Crippen LogP contribution in [-0.2, 0) is 0 Å². The van der Waals surface area contributed by atoms with Gasteiger partial charge in [0.2, 0.25) is 0 Å². The number of rotatable bonds is 2. The van der Waals surface area contributed by atoms with Crippen molar-refractivity contribution in [3.8, 4) is 17.2 Å². The third kappa shape index (κ3) is 1.93. The second-order valence-corrected chi connectivity index (χ2v) is 2.58. The number of hydrogen-bond acceptors (Lipinski definition) is 3. The van der Waals surface area contributed by atoms with E-state index < -0.39 is 0 Å². The van der Waals surface area contributed by atoms with E-state index in [1.54, 1.807) is 12.2 Å². The molecule has 0 bridgehead atoms. The Bertz CT molecular complexity index is 306. The highest BCUT2D eigenvalue weighted by molar-refractivity contribution is 5.65. The molecule has 70 valence electrons. The number of phenolic OH excluding ortho intramolecular Hbond substituents is 2. The average molecular weight is 180 g/mol. The summed E-state index contributed by atoms with van der Waals surface area (Å²) in [5.74, 6) is 0.452. The van der Waals surface area contributed by atoms with Crippen molar-refractivity contribution in [1.82, 2.24) is 0 Å². The van der Waals surface area contributed by atoms with Gasteiger partial charge in [0.1, 0.15) is 17.2 Å². The maximum Gasteiger partial charge on any atom is 0.130 e. The Morgan fingerprint density at radius 1 is 1.23 bits per heavy atom. The van der Waals surface area contributed by atoms with Gasteiger partial charge >= 0.3 is 0 Å². The molecule has 13 heavy (non-hydrogen) atoms. The van der Waals surface area contributed by atoms with Crippen molar-refractivity contribution in [3.63, 3.8) is 0 Å². The minimum atomic E-state index is 0.00921. The summed E-state index contributed by atoms with van der Waals surface area (Å²) in [5.41, 5.74) is 0.406. The fourth-order valence-electron chi connectivity index (χ4n) is 1.05. The van der Waals surface area contributed by atoms with Gasteiger partial charge in [-0.15, -0.1) is 0 Å². The fourth-order valence-corrected chi connectivity index (χ4v) is 1.05. The Balaban J connectivity index is 3.22. The second-order valence-electron chi connectivity index (χ2n) is 2.58. The smallest absolute Gasteiger partial charge is 0.130 e. The number of allylic oxidation sites excluding steroid dienone is 1.